The van der Waals surface area contributed by atoms with Gasteiger partial charge in [-0.1, -0.05) is 175 Å². The second-order valence-corrected chi connectivity index (χ2v) is 26.1. The fourth-order valence-electron chi connectivity index (χ4n) is 13.1. The molecule has 2 aliphatic heterocycles. The van der Waals surface area contributed by atoms with E-state index in [1.165, 1.54) is 116 Å². The quantitative estimate of drug-likeness (QED) is 0.160. The highest BCUT2D eigenvalue weighted by Crippen LogP contribution is 2.53. The summed E-state index contributed by atoms with van der Waals surface area (Å²) in [5, 5.41) is 5.33. The summed E-state index contributed by atoms with van der Waals surface area (Å²) in [6.07, 6.45) is 2.31. The van der Waals surface area contributed by atoms with Crippen LogP contribution in [-0.4, -0.2) is 15.9 Å². The van der Waals surface area contributed by atoms with Crippen LogP contribution in [0.15, 0.2) is 152 Å². The van der Waals surface area contributed by atoms with Gasteiger partial charge < -0.3 is 13.9 Å². The summed E-state index contributed by atoms with van der Waals surface area (Å²) in [5.74, 6) is 0. The van der Waals surface area contributed by atoms with Crippen molar-refractivity contribution in [2.45, 2.75) is 130 Å². The van der Waals surface area contributed by atoms with Gasteiger partial charge in [0.1, 0.15) is 0 Å². The minimum atomic E-state index is -0.103. The average Bonchev–Trinajstić information content (AvgIpc) is 3.86. The van der Waals surface area contributed by atoms with Crippen LogP contribution in [-0.2, 0) is 27.1 Å². The summed E-state index contributed by atoms with van der Waals surface area (Å²) in [6.45, 7) is 31.2. The second kappa shape index (κ2) is 14.9. The lowest BCUT2D eigenvalue weighted by Gasteiger charge is -2.42. The van der Waals surface area contributed by atoms with Crippen molar-refractivity contribution in [2.24, 2.45) is 0 Å². The number of nitrogens with zero attached hydrogens (tertiary/aromatic N) is 3. The zero-order valence-electron chi connectivity index (χ0n) is 44.8. The Hall–Kier alpha value is -6.78. The molecule has 1 aliphatic carbocycles. The molecular weight excluding hydrogens is 870 g/mol. The van der Waals surface area contributed by atoms with Crippen LogP contribution >= 0.6 is 0 Å². The molecule has 0 bridgehead atoms. The molecule has 3 nitrogen and oxygen atoms in total. The fourth-order valence-corrected chi connectivity index (χ4v) is 13.1. The number of rotatable bonds is 4. The van der Waals surface area contributed by atoms with Gasteiger partial charge in [-0.15, -0.1) is 0 Å². The number of hydrogen-bond acceptors (Lipinski definition) is 1. The van der Waals surface area contributed by atoms with Crippen LogP contribution in [0.1, 0.15) is 131 Å². The molecule has 0 atom stereocenters. The van der Waals surface area contributed by atoms with E-state index in [0.717, 1.165) is 24.2 Å². The van der Waals surface area contributed by atoms with E-state index in [0.29, 0.717) is 0 Å². The van der Waals surface area contributed by atoms with E-state index in [2.05, 4.69) is 256 Å². The molecule has 4 heteroatoms. The Morgan fingerprint density at radius 3 is 1.75 bits per heavy atom. The SMILES string of the molecule is CC(C)(C)c1cc2c3c(c1)-n1c4cc5c(cc4c4c(N(c6ccccc6)c6ccccc6-c6ccccc6)ccc(c41)B3n1c3ccc(C(C)(C)C)cc3c3cc(C(C)(C)C)cc-2c31)C(C)(C)CCC5(C)C. The first-order valence-corrected chi connectivity index (χ1v) is 26.6. The van der Waals surface area contributed by atoms with Crippen molar-refractivity contribution in [2.75, 3.05) is 4.90 Å². The Bertz CT molecular complexity index is 3910. The molecule has 0 amide bonds. The summed E-state index contributed by atoms with van der Waals surface area (Å²) in [5.41, 5.74) is 24.9. The maximum absolute atomic E-state index is 2.77. The smallest absolute Gasteiger partial charge is 0.333 e. The molecule has 0 spiro atoms. The van der Waals surface area contributed by atoms with E-state index < -0.39 is 0 Å². The summed E-state index contributed by atoms with van der Waals surface area (Å²) in [6, 6.07) is 59.0. The Morgan fingerprint density at radius 1 is 0.472 bits per heavy atom. The monoisotopic (exact) mass is 938 g/mol. The maximum Gasteiger partial charge on any atom is 0.333 e. The van der Waals surface area contributed by atoms with E-state index in [9.17, 15) is 0 Å². The minimum Gasteiger partial charge on any atom is -0.375 e. The van der Waals surface area contributed by atoms with Crippen LogP contribution < -0.4 is 15.8 Å². The highest BCUT2D eigenvalue weighted by atomic mass is 15.2. The molecule has 0 saturated carbocycles. The van der Waals surface area contributed by atoms with Crippen LogP contribution in [0.2, 0.25) is 0 Å². The van der Waals surface area contributed by atoms with Gasteiger partial charge in [0.05, 0.1) is 22.4 Å². The van der Waals surface area contributed by atoms with Gasteiger partial charge in [-0.3, -0.25) is 0 Å². The molecule has 4 heterocycles. The van der Waals surface area contributed by atoms with E-state index in [1.54, 1.807) is 0 Å². The van der Waals surface area contributed by atoms with Crippen molar-refractivity contribution in [3.63, 3.8) is 0 Å². The third-order valence-corrected chi connectivity index (χ3v) is 17.4. The lowest BCUT2D eigenvalue weighted by molar-refractivity contribution is 0.332. The number of fused-ring (bicyclic) bond motifs is 11. The minimum absolute atomic E-state index is 0.00479. The van der Waals surface area contributed by atoms with Crippen molar-refractivity contribution in [3.8, 4) is 27.9 Å². The van der Waals surface area contributed by atoms with Gasteiger partial charge in [0.15, 0.2) is 0 Å². The number of aromatic nitrogens is 2. The molecule has 2 aromatic heterocycles. The third kappa shape index (κ3) is 6.42. The average molecular weight is 938 g/mol. The molecule has 0 unspecified atom stereocenters. The number of para-hydroxylation sites is 2. The van der Waals surface area contributed by atoms with Crippen molar-refractivity contribution in [3.05, 3.63) is 179 Å². The summed E-state index contributed by atoms with van der Waals surface area (Å²) < 4.78 is 5.52. The Labute approximate surface area is 427 Å². The number of benzene rings is 8. The predicted octanol–water partition coefficient (Wildman–Crippen LogP) is 17.2. The molecule has 0 radical (unpaired) electrons. The van der Waals surface area contributed by atoms with Crippen LogP contribution in [0.5, 0.6) is 0 Å². The Balaban J connectivity index is 1.24. The van der Waals surface area contributed by atoms with Gasteiger partial charge in [-0.25, -0.2) is 0 Å². The third-order valence-electron chi connectivity index (χ3n) is 17.4. The van der Waals surface area contributed by atoms with E-state index >= 15 is 0 Å². The zero-order chi connectivity index (χ0) is 50.2. The van der Waals surface area contributed by atoms with Gasteiger partial charge in [0, 0.05) is 55.1 Å². The van der Waals surface area contributed by atoms with Crippen LogP contribution in [0, 0.1) is 0 Å². The second-order valence-electron chi connectivity index (χ2n) is 26.1. The molecule has 72 heavy (non-hydrogen) atoms. The Morgan fingerprint density at radius 2 is 1.07 bits per heavy atom. The van der Waals surface area contributed by atoms with E-state index in [-0.39, 0.29) is 33.9 Å². The first-order valence-electron chi connectivity index (χ1n) is 26.6. The lowest BCUT2D eigenvalue weighted by Crippen LogP contribution is -2.55. The van der Waals surface area contributed by atoms with Gasteiger partial charge in [-0.2, -0.15) is 0 Å². The van der Waals surface area contributed by atoms with E-state index in [1.807, 2.05) is 0 Å². The molecule has 10 aromatic rings. The highest BCUT2D eigenvalue weighted by Gasteiger charge is 2.45. The molecule has 8 aromatic carbocycles. The van der Waals surface area contributed by atoms with Crippen molar-refractivity contribution in [1.29, 1.82) is 0 Å². The molecule has 0 N–H and O–H groups in total. The van der Waals surface area contributed by atoms with Crippen molar-refractivity contribution in [1.82, 2.24) is 9.05 Å². The summed E-state index contributed by atoms with van der Waals surface area (Å²) in [4.78, 5) is 2.56. The fraction of sp³-hybridized carbons (Fsp3) is 0.294. The maximum atomic E-state index is 2.77. The van der Waals surface area contributed by atoms with Gasteiger partial charge in [-0.05, 0) is 157 Å². The lowest BCUT2D eigenvalue weighted by atomic mass is 9.45. The molecule has 13 rings (SSSR count). The summed E-state index contributed by atoms with van der Waals surface area (Å²) in [7, 11) is 0. The molecule has 0 fully saturated rings. The van der Waals surface area contributed by atoms with Gasteiger partial charge >= 0.3 is 6.85 Å². The largest absolute Gasteiger partial charge is 0.375 e. The normalized spacial score (nSPS) is 15.7. The van der Waals surface area contributed by atoms with Gasteiger partial charge in [0.2, 0.25) is 0 Å². The predicted molar refractivity (Wildman–Crippen MR) is 311 cm³/mol. The van der Waals surface area contributed by atoms with E-state index in [4.69, 9.17) is 0 Å². The van der Waals surface area contributed by atoms with Crippen molar-refractivity contribution < 1.29 is 0 Å². The highest BCUT2D eigenvalue weighted by molar-refractivity contribution is 6.90. The molecule has 3 aliphatic rings. The first kappa shape index (κ1) is 45.1. The number of hydrogen-bond donors (Lipinski definition) is 0. The molecular formula is C68H68BN3. The van der Waals surface area contributed by atoms with Crippen LogP contribution in [0.25, 0.3) is 71.6 Å². The standard InChI is InChI=1S/C68H68BN3/c1-64(2,3)42-28-30-56-47(34-42)49-36-43(65(4,5)6)37-50-48-35-44(66(7,8)9)38-59-61(48)69(72(56)62(49)50)54-29-31-57(60-51-39-52-53(40-58(51)71(59)63(54)60)68(12,13)33-32-67(52,10)11)70(45-24-18-15-19-25-45)55-27-21-20-26-46(55)41-22-16-14-17-23-41/h14-31,34-40H,32-33H2,1-13H3. The zero-order valence-corrected chi connectivity index (χ0v) is 44.8. The molecule has 0 saturated heterocycles. The number of anilines is 3. The summed E-state index contributed by atoms with van der Waals surface area (Å²) >= 11 is 0. The first-order chi connectivity index (χ1) is 34.1. The van der Waals surface area contributed by atoms with Gasteiger partial charge in [0.25, 0.3) is 0 Å². The van der Waals surface area contributed by atoms with Crippen LogP contribution in [0.3, 0.4) is 0 Å². The Kier molecular flexibility index (Phi) is 9.34. The molecule has 358 valence electrons. The van der Waals surface area contributed by atoms with Crippen molar-refractivity contribution >= 4 is 78.4 Å². The topological polar surface area (TPSA) is 13.1 Å². The van der Waals surface area contributed by atoms with Crippen LogP contribution in [0.4, 0.5) is 17.1 Å².